The van der Waals surface area contributed by atoms with Crippen LogP contribution in [0.4, 0.5) is 5.82 Å². The van der Waals surface area contributed by atoms with Crippen molar-refractivity contribution in [2.45, 2.75) is 32.5 Å². The zero-order valence-electron chi connectivity index (χ0n) is 13.2. The maximum absolute atomic E-state index is 9.71. The van der Waals surface area contributed by atoms with Crippen LogP contribution in [0.3, 0.4) is 0 Å². The lowest BCUT2D eigenvalue weighted by Gasteiger charge is -2.35. The molecule has 3 heterocycles. The van der Waals surface area contributed by atoms with E-state index in [0.717, 1.165) is 43.3 Å². The van der Waals surface area contributed by atoms with Crippen molar-refractivity contribution in [2.75, 3.05) is 25.1 Å². The number of rotatable bonds is 3. The van der Waals surface area contributed by atoms with Crippen LogP contribution in [-0.4, -0.2) is 41.2 Å². The van der Waals surface area contributed by atoms with Crippen molar-refractivity contribution in [3.05, 3.63) is 47.5 Å². The highest BCUT2D eigenvalue weighted by molar-refractivity contribution is 5.48. The Labute approximate surface area is 131 Å². The van der Waals surface area contributed by atoms with Crippen molar-refractivity contribution >= 4 is 5.82 Å². The number of aliphatic hydroxyl groups excluding tert-OH is 1. The molecule has 0 aliphatic carbocycles. The van der Waals surface area contributed by atoms with Crippen molar-refractivity contribution in [1.29, 1.82) is 0 Å². The second kappa shape index (κ2) is 6.50. The first-order chi connectivity index (χ1) is 10.7. The molecule has 0 aromatic carbocycles. The van der Waals surface area contributed by atoms with Crippen LogP contribution in [-0.2, 0) is 13.1 Å². The van der Waals surface area contributed by atoms with Crippen LogP contribution in [0.1, 0.15) is 23.4 Å². The first-order valence-electron chi connectivity index (χ1n) is 7.72. The largest absolute Gasteiger partial charge is 0.468 e. The van der Waals surface area contributed by atoms with Gasteiger partial charge in [-0.3, -0.25) is 4.90 Å². The summed E-state index contributed by atoms with van der Waals surface area (Å²) in [5.41, 5.74) is 2.19. The van der Waals surface area contributed by atoms with Crippen LogP contribution in [0.25, 0.3) is 0 Å². The van der Waals surface area contributed by atoms with E-state index in [2.05, 4.69) is 15.9 Å². The van der Waals surface area contributed by atoms with Gasteiger partial charge in [-0.05, 0) is 31.5 Å². The molecule has 2 aromatic heterocycles. The van der Waals surface area contributed by atoms with E-state index in [1.165, 1.54) is 5.56 Å². The van der Waals surface area contributed by atoms with Crippen LogP contribution < -0.4 is 4.90 Å². The van der Waals surface area contributed by atoms with Crippen molar-refractivity contribution in [3.8, 4) is 0 Å². The maximum Gasteiger partial charge on any atom is 0.133 e. The lowest BCUT2D eigenvalue weighted by Crippen LogP contribution is -2.41. The molecule has 118 valence electrons. The number of fused-ring (bicyclic) bond motifs is 1. The number of furan rings is 1. The maximum atomic E-state index is 9.71. The summed E-state index contributed by atoms with van der Waals surface area (Å²) in [7, 11) is 2.02. The number of aryl methyl sites for hydroxylation is 1. The van der Waals surface area contributed by atoms with E-state index in [1.54, 1.807) is 6.26 Å². The fourth-order valence-electron chi connectivity index (χ4n) is 2.99. The Balaban J connectivity index is 1.89. The van der Waals surface area contributed by atoms with Gasteiger partial charge in [-0.2, -0.15) is 0 Å². The summed E-state index contributed by atoms with van der Waals surface area (Å²) < 4.78 is 5.47. The molecule has 0 spiro atoms. The van der Waals surface area contributed by atoms with Gasteiger partial charge in [0.1, 0.15) is 11.6 Å². The summed E-state index contributed by atoms with van der Waals surface area (Å²) in [6.07, 6.45) is 2.62. The van der Waals surface area contributed by atoms with Crippen LogP contribution in [0, 0.1) is 6.92 Å². The molecule has 1 atom stereocenters. The molecule has 0 amide bonds. The van der Waals surface area contributed by atoms with E-state index in [1.807, 2.05) is 32.2 Å². The molecule has 0 radical (unpaired) electrons. The Morgan fingerprint density at radius 1 is 1.36 bits per heavy atom. The molecule has 0 bridgehead atoms. The monoisotopic (exact) mass is 301 g/mol. The molecule has 5 nitrogen and oxygen atoms in total. The molecule has 0 saturated heterocycles. The Bertz CT molecular complexity index is 612. The number of aromatic nitrogens is 1. The standard InChI is InChI=1S/C17H23N3O2/c1-13-5-6-14-10-20(11-16-4-3-9-22-16)8-7-15(12-21)19(2)17(14)18-13/h3-6,9,15,21H,7-8,10-12H2,1-2H3/t15-/m0/s1. The molecule has 0 unspecified atom stereocenters. The smallest absolute Gasteiger partial charge is 0.133 e. The number of hydrogen-bond acceptors (Lipinski definition) is 5. The molecular weight excluding hydrogens is 278 g/mol. The van der Waals surface area contributed by atoms with Gasteiger partial charge in [-0.1, -0.05) is 6.07 Å². The number of pyridine rings is 1. The summed E-state index contributed by atoms with van der Waals surface area (Å²) in [4.78, 5) is 9.16. The van der Waals surface area contributed by atoms with Gasteiger partial charge in [0.2, 0.25) is 0 Å². The van der Waals surface area contributed by atoms with E-state index in [-0.39, 0.29) is 12.6 Å². The van der Waals surface area contributed by atoms with Crippen molar-refractivity contribution in [3.63, 3.8) is 0 Å². The minimum Gasteiger partial charge on any atom is -0.468 e. The summed E-state index contributed by atoms with van der Waals surface area (Å²) in [5, 5.41) is 9.71. The molecule has 1 aliphatic rings. The first-order valence-corrected chi connectivity index (χ1v) is 7.72. The van der Waals surface area contributed by atoms with E-state index >= 15 is 0 Å². The zero-order chi connectivity index (χ0) is 15.5. The fourth-order valence-corrected chi connectivity index (χ4v) is 2.99. The quantitative estimate of drug-likeness (QED) is 0.942. The van der Waals surface area contributed by atoms with Crippen LogP contribution in [0.2, 0.25) is 0 Å². The number of nitrogens with zero attached hydrogens (tertiary/aromatic N) is 3. The zero-order valence-corrected chi connectivity index (χ0v) is 13.2. The highest BCUT2D eigenvalue weighted by Gasteiger charge is 2.24. The Hall–Kier alpha value is -1.85. The molecular formula is C17H23N3O2. The summed E-state index contributed by atoms with van der Waals surface area (Å²) in [6.45, 7) is 4.68. The van der Waals surface area contributed by atoms with E-state index < -0.39 is 0 Å². The number of likely N-dealkylation sites (N-methyl/N-ethyl adjacent to an activating group) is 1. The topological polar surface area (TPSA) is 52.7 Å². The van der Waals surface area contributed by atoms with E-state index in [4.69, 9.17) is 9.40 Å². The molecule has 3 rings (SSSR count). The fraction of sp³-hybridized carbons (Fsp3) is 0.471. The normalized spacial score (nSPS) is 19.6. The molecule has 5 heteroatoms. The van der Waals surface area contributed by atoms with Crippen molar-refractivity contribution < 1.29 is 9.52 Å². The van der Waals surface area contributed by atoms with E-state index in [0.29, 0.717) is 0 Å². The minimum atomic E-state index is 0.0902. The molecule has 0 saturated carbocycles. The van der Waals surface area contributed by atoms with Gasteiger partial charge in [0, 0.05) is 31.4 Å². The Morgan fingerprint density at radius 2 is 2.23 bits per heavy atom. The summed E-state index contributed by atoms with van der Waals surface area (Å²) in [6, 6.07) is 8.20. The highest BCUT2D eigenvalue weighted by Crippen LogP contribution is 2.25. The van der Waals surface area contributed by atoms with Crippen LogP contribution >= 0.6 is 0 Å². The van der Waals surface area contributed by atoms with Crippen molar-refractivity contribution in [1.82, 2.24) is 9.88 Å². The number of anilines is 1. The summed E-state index contributed by atoms with van der Waals surface area (Å²) >= 11 is 0. The number of aliphatic hydroxyl groups is 1. The van der Waals surface area contributed by atoms with Gasteiger partial charge in [0.05, 0.1) is 25.5 Å². The minimum absolute atomic E-state index is 0.0902. The van der Waals surface area contributed by atoms with E-state index in [9.17, 15) is 5.11 Å². The third-order valence-corrected chi connectivity index (χ3v) is 4.32. The molecule has 2 aromatic rings. The Kier molecular flexibility index (Phi) is 4.45. The van der Waals surface area contributed by atoms with Gasteiger partial charge >= 0.3 is 0 Å². The van der Waals surface area contributed by atoms with Crippen LogP contribution in [0.5, 0.6) is 0 Å². The molecule has 1 aliphatic heterocycles. The van der Waals surface area contributed by atoms with Gasteiger partial charge < -0.3 is 14.4 Å². The summed E-state index contributed by atoms with van der Waals surface area (Å²) in [5.74, 6) is 1.94. The highest BCUT2D eigenvalue weighted by atomic mass is 16.3. The molecule has 1 N–H and O–H groups in total. The second-order valence-electron chi connectivity index (χ2n) is 5.96. The first kappa shape index (κ1) is 15.1. The Morgan fingerprint density at radius 3 is 2.95 bits per heavy atom. The third kappa shape index (κ3) is 3.15. The predicted octanol–water partition coefficient (Wildman–Crippen LogP) is 2.19. The van der Waals surface area contributed by atoms with Gasteiger partial charge in [0.25, 0.3) is 0 Å². The van der Waals surface area contributed by atoms with Gasteiger partial charge in [-0.15, -0.1) is 0 Å². The second-order valence-corrected chi connectivity index (χ2v) is 5.96. The van der Waals surface area contributed by atoms with Crippen LogP contribution in [0.15, 0.2) is 34.9 Å². The number of hydrogen-bond donors (Lipinski definition) is 1. The van der Waals surface area contributed by atoms with Gasteiger partial charge in [-0.25, -0.2) is 4.98 Å². The lowest BCUT2D eigenvalue weighted by molar-refractivity contribution is 0.196. The third-order valence-electron chi connectivity index (χ3n) is 4.32. The predicted molar refractivity (Wildman–Crippen MR) is 85.7 cm³/mol. The molecule has 22 heavy (non-hydrogen) atoms. The molecule has 0 fully saturated rings. The average Bonchev–Trinajstić information content (AvgIpc) is 3.00. The lowest BCUT2D eigenvalue weighted by atomic mass is 10.1. The average molecular weight is 301 g/mol. The SMILES string of the molecule is Cc1ccc2c(n1)N(C)[C@H](CO)CCN(Cc1ccco1)C2. The van der Waals surface area contributed by atoms with Crippen molar-refractivity contribution in [2.24, 2.45) is 0 Å². The van der Waals surface area contributed by atoms with Gasteiger partial charge in [0.15, 0.2) is 0 Å².